The summed E-state index contributed by atoms with van der Waals surface area (Å²) in [6.07, 6.45) is -10.4. The minimum absolute atomic E-state index is 0.169. The van der Waals surface area contributed by atoms with Crippen LogP contribution >= 0.6 is 0 Å². The molecular formula is C12H12F6N2O2. The van der Waals surface area contributed by atoms with Gasteiger partial charge in [-0.15, -0.1) is 13.2 Å². The van der Waals surface area contributed by atoms with Crippen LogP contribution in [-0.4, -0.2) is 25.1 Å². The Hall–Kier alpha value is -2.13. The Balaban J connectivity index is 2.36. The molecule has 0 radical (unpaired) electrons. The summed E-state index contributed by atoms with van der Waals surface area (Å²) in [4.78, 5) is 11.3. The molecule has 0 aromatic heterocycles. The fourth-order valence-corrected chi connectivity index (χ4v) is 1.41. The first-order valence-corrected chi connectivity index (χ1v) is 6.02. The molecule has 0 fully saturated rings. The zero-order valence-corrected chi connectivity index (χ0v) is 11.0. The summed E-state index contributed by atoms with van der Waals surface area (Å²) in [5.41, 5.74) is 0.169. The van der Waals surface area contributed by atoms with Crippen LogP contribution in [0.15, 0.2) is 24.3 Å². The number of rotatable bonds is 5. The van der Waals surface area contributed by atoms with Crippen molar-refractivity contribution in [2.45, 2.75) is 25.4 Å². The summed E-state index contributed by atoms with van der Waals surface area (Å²) < 4.78 is 75.0. The van der Waals surface area contributed by atoms with E-state index in [1.807, 2.05) is 0 Å². The van der Waals surface area contributed by atoms with E-state index in [1.165, 1.54) is 0 Å². The van der Waals surface area contributed by atoms with Crippen LogP contribution in [0, 0.1) is 0 Å². The Morgan fingerprint density at radius 1 is 1.05 bits per heavy atom. The van der Waals surface area contributed by atoms with Crippen LogP contribution in [0.3, 0.4) is 0 Å². The van der Waals surface area contributed by atoms with Crippen molar-refractivity contribution in [1.82, 2.24) is 5.32 Å². The Morgan fingerprint density at radius 2 is 1.64 bits per heavy atom. The largest absolute Gasteiger partial charge is 0.573 e. The predicted molar refractivity (Wildman–Crippen MR) is 65.4 cm³/mol. The van der Waals surface area contributed by atoms with Crippen molar-refractivity contribution in [3.05, 3.63) is 24.3 Å². The van der Waals surface area contributed by atoms with Crippen molar-refractivity contribution in [3.8, 4) is 5.75 Å². The minimum Gasteiger partial charge on any atom is -0.406 e. The first-order valence-electron chi connectivity index (χ1n) is 6.02. The van der Waals surface area contributed by atoms with Crippen molar-refractivity contribution in [2.24, 2.45) is 0 Å². The number of alkyl halides is 6. The van der Waals surface area contributed by atoms with Crippen LogP contribution in [0.2, 0.25) is 0 Å². The summed E-state index contributed by atoms with van der Waals surface area (Å²) in [6, 6.07) is 3.55. The highest BCUT2D eigenvalue weighted by Crippen LogP contribution is 2.24. The number of anilines is 1. The van der Waals surface area contributed by atoms with E-state index >= 15 is 0 Å². The summed E-state index contributed by atoms with van der Waals surface area (Å²) in [5, 5.41) is 4.46. The van der Waals surface area contributed by atoms with Gasteiger partial charge in [0.25, 0.3) is 0 Å². The van der Waals surface area contributed by atoms with Gasteiger partial charge in [-0.25, -0.2) is 4.79 Å². The number of hydrogen-bond acceptors (Lipinski definition) is 2. The number of nitrogens with one attached hydrogen (secondary N) is 2. The van der Waals surface area contributed by atoms with Crippen LogP contribution in [0.4, 0.5) is 36.8 Å². The number of urea groups is 1. The molecule has 0 bridgehead atoms. The van der Waals surface area contributed by atoms with E-state index in [0.717, 1.165) is 24.3 Å². The Kier molecular flexibility index (Phi) is 5.89. The van der Waals surface area contributed by atoms with Crippen molar-refractivity contribution in [2.75, 3.05) is 11.9 Å². The lowest BCUT2D eigenvalue weighted by Gasteiger charge is -2.11. The van der Waals surface area contributed by atoms with Gasteiger partial charge >= 0.3 is 18.6 Å². The minimum atomic E-state index is -4.81. The Morgan fingerprint density at radius 3 is 2.14 bits per heavy atom. The van der Waals surface area contributed by atoms with Gasteiger partial charge in [0.15, 0.2) is 0 Å². The summed E-state index contributed by atoms with van der Waals surface area (Å²) in [5.74, 6) is -0.455. The maximum Gasteiger partial charge on any atom is 0.573 e. The van der Waals surface area contributed by atoms with Crippen molar-refractivity contribution >= 4 is 11.7 Å². The van der Waals surface area contributed by atoms with Crippen molar-refractivity contribution < 1.29 is 35.9 Å². The van der Waals surface area contributed by atoms with Crippen LogP contribution in [0.25, 0.3) is 0 Å². The number of benzene rings is 1. The normalized spacial score (nSPS) is 11.9. The summed E-state index contributed by atoms with van der Waals surface area (Å²) >= 11 is 0. The van der Waals surface area contributed by atoms with E-state index in [9.17, 15) is 31.1 Å². The van der Waals surface area contributed by atoms with Gasteiger partial charge in [-0.2, -0.15) is 13.2 Å². The molecular weight excluding hydrogens is 318 g/mol. The topological polar surface area (TPSA) is 50.4 Å². The van der Waals surface area contributed by atoms with Crippen LogP contribution < -0.4 is 15.4 Å². The SMILES string of the molecule is O=C(NCCCC(F)(F)F)Nc1ccc(OC(F)(F)F)cc1. The highest BCUT2D eigenvalue weighted by molar-refractivity contribution is 5.89. The highest BCUT2D eigenvalue weighted by Gasteiger charge is 2.31. The molecule has 0 saturated carbocycles. The van der Waals surface area contributed by atoms with E-state index in [0.29, 0.717) is 0 Å². The molecule has 4 nitrogen and oxygen atoms in total. The third kappa shape index (κ3) is 8.22. The van der Waals surface area contributed by atoms with Gasteiger partial charge in [0.2, 0.25) is 0 Å². The molecule has 0 atom stereocenters. The van der Waals surface area contributed by atoms with Gasteiger partial charge in [-0.1, -0.05) is 0 Å². The monoisotopic (exact) mass is 330 g/mol. The molecule has 10 heteroatoms. The molecule has 0 aliphatic heterocycles. The molecule has 0 aliphatic carbocycles. The number of carbonyl (C=O) groups excluding carboxylic acids is 1. The fraction of sp³-hybridized carbons (Fsp3) is 0.417. The van der Waals surface area contributed by atoms with Crippen molar-refractivity contribution in [1.29, 1.82) is 0 Å². The quantitative estimate of drug-likeness (QED) is 0.632. The maximum absolute atomic E-state index is 11.9. The summed E-state index contributed by atoms with van der Waals surface area (Å²) in [7, 11) is 0. The molecule has 124 valence electrons. The fourth-order valence-electron chi connectivity index (χ4n) is 1.41. The van der Waals surface area contributed by atoms with Gasteiger partial charge in [0, 0.05) is 18.7 Å². The van der Waals surface area contributed by atoms with Gasteiger partial charge in [0.1, 0.15) is 5.75 Å². The molecule has 0 spiro atoms. The molecule has 22 heavy (non-hydrogen) atoms. The van der Waals surface area contributed by atoms with E-state index in [-0.39, 0.29) is 18.7 Å². The highest BCUT2D eigenvalue weighted by atomic mass is 19.4. The number of hydrogen-bond donors (Lipinski definition) is 2. The van der Waals surface area contributed by atoms with Gasteiger partial charge in [0.05, 0.1) is 0 Å². The van der Waals surface area contributed by atoms with Gasteiger partial charge in [-0.05, 0) is 30.7 Å². The van der Waals surface area contributed by atoms with Gasteiger partial charge < -0.3 is 15.4 Å². The second-order valence-electron chi connectivity index (χ2n) is 4.17. The smallest absolute Gasteiger partial charge is 0.406 e. The third-order valence-corrected chi connectivity index (χ3v) is 2.27. The molecule has 0 saturated heterocycles. The lowest BCUT2D eigenvalue weighted by atomic mass is 10.3. The first kappa shape index (κ1) is 17.9. The predicted octanol–water partition coefficient (Wildman–Crippen LogP) is 4.05. The number of ether oxygens (including phenoxy) is 1. The maximum atomic E-state index is 11.9. The zero-order valence-electron chi connectivity index (χ0n) is 11.0. The zero-order chi connectivity index (χ0) is 16.8. The van der Waals surface area contributed by atoms with Gasteiger partial charge in [-0.3, -0.25) is 0 Å². The van der Waals surface area contributed by atoms with Crippen LogP contribution in [0.1, 0.15) is 12.8 Å². The average molecular weight is 330 g/mol. The van der Waals surface area contributed by atoms with E-state index in [2.05, 4.69) is 15.4 Å². The molecule has 1 aromatic rings. The number of carbonyl (C=O) groups is 1. The lowest BCUT2D eigenvalue weighted by Crippen LogP contribution is -2.30. The lowest BCUT2D eigenvalue weighted by molar-refractivity contribution is -0.274. The second kappa shape index (κ2) is 7.23. The number of amides is 2. The molecule has 2 N–H and O–H groups in total. The standard InChI is InChI=1S/C12H12F6N2O2/c13-11(14,15)6-1-7-19-10(21)20-8-2-4-9(5-3-8)22-12(16,17)18/h2-5H,1,6-7H2,(H2,19,20,21). The summed E-state index contributed by atoms with van der Waals surface area (Å²) in [6.45, 7) is -0.180. The van der Waals surface area contributed by atoms with Crippen LogP contribution in [0.5, 0.6) is 5.75 Å². The molecule has 1 aromatic carbocycles. The molecule has 0 aliphatic rings. The second-order valence-corrected chi connectivity index (χ2v) is 4.17. The van der Waals surface area contributed by atoms with E-state index in [4.69, 9.17) is 0 Å². The third-order valence-electron chi connectivity index (χ3n) is 2.27. The van der Waals surface area contributed by atoms with Crippen LogP contribution in [-0.2, 0) is 0 Å². The van der Waals surface area contributed by atoms with E-state index in [1.54, 1.807) is 0 Å². The Bertz CT molecular complexity index is 484. The average Bonchev–Trinajstić information content (AvgIpc) is 2.34. The molecule has 1 rings (SSSR count). The number of halogens is 6. The molecule has 2 amide bonds. The Labute approximate surface area is 121 Å². The van der Waals surface area contributed by atoms with Crippen molar-refractivity contribution in [3.63, 3.8) is 0 Å². The first-order chi connectivity index (χ1) is 10.1. The molecule has 0 unspecified atom stereocenters. The molecule has 0 heterocycles. The van der Waals surface area contributed by atoms with E-state index < -0.39 is 30.7 Å².